The molecule has 0 aliphatic carbocycles. The van der Waals surface area contributed by atoms with E-state index < -0.39 is 0 Å². The van der Waals surface area contributed by atoms with Crippen LogP contribution in [0.3, 0.4) is 0 Å². The normalized spacial score (nSPS) is 15.2. The Morgan fingerprint density at radius 3 is 2.38 bits per heavy atom. The van der Waals surface area contributed by atoms with Crippen molar-refractivity contribution in [1.82, 2.24) is 4.90 Å². The van der Waals surface area contributed by atoms with Crippen LogP contribution in [-0.2, 0) is 4.79 Å². The van der Waals surface area contributed by atoms with Crippen molar-refractivity contribution >= 4 is 17.4 Å². The molecule has 114 valence electrons. The Bertz CT molecular complexity index is 537. The third-order valence-corrected chi connectivity index (χ3v) is 3.79. The van der Waals surface area contributed by atoms with Crippen LogP contribution in [0.25, 0.3) is 0 Å². The second-order valence-electron chi connectivity index (χ2n) is 5.34. The minimum absolute atomic E-state index is 0.143. The first-order valence-corrected chi connectivity index (χ1v) is 7.36. The van der Waals surface area contributed by atoms with E-state index in [2.05, 4.69) is 0 Å². The van der Waals surface area contributed by atoms with E-state index >= 15 is 0 Å². The molecule has 5 heteroatoms. The van der Waals surface area contributed by atoms with Gasteiger partial charge < -0.3 is 9.80 Å². The smallest absolute Gasteiger partial charge is 0.222 e. The van der Waals surface area contributed by atoms with Gasteiger partial charge in [-0.05, 0) is 31.5 Å². The summed E-state index contributed by atoms with van der Waals surface area (Å²) in [6, 6.07) is 4.58. The number of rotatable bonds is 4. The second-order valence-corrected chi connectivity index (χ2v) is 5.34. The van der Waals surface area contributed by atoms with Crippen molar-refractivity contribution in [3.63, 3.8) is 0 Å². The second kappa shape index (κ2) is 6.70. The number of ketones is 1. The summed E-state index contributed by atoms with van der Waals surface area (Å²) in [4.78, 5) is 26.8. The highest BCUT2D eigenvalue weighted by Crippen LogP contribution is 2.22. The van der Waals surface area contributed by atoms with Crippen molar-refractivity contribution in [3.05, 3.63) is 29.6 Å². The minimum atomic E-state index is -0.379. The summed E-state index contributed by atoms with van der Waals surface area (Å²) in [5.41, 5.74) is 0.885. The summed E-state index contributed by atoms with van der Waals surface area (Å²) in [7, 11) is 0. The third kappa shape index (κ3) is 3.60. The number of carbonyl (C=O) groups excluding carboxylic acids is 2. The van der Waals surface area contributed by atoms with Crippen LogP contribution in [0.5, 0.6) is 0 Å². The lowest BCUT2D eigenvalue weighted by Crippen LogP contribution is -2.49. The molecule has 0 aromatic heterocycles. The van der Waals surface area contributed by atoms with Gasteiger partial charge in [-0.1, -0.05) is 6.92 Å². The van der Waals surface area contributed by atoms with Crippen LogP contribution in [0.4, 0.5) is 10.1 Å². The van der Waals surface area contributed by atoms with Gasteiger partial charge in [0.2, 0.25) is 5.91 Å². The first-order valence-electron chi connectivity index (χ1n) is 7.36. The van der Waals surface area contributed by atoms with Gasteiger partial charge in [0.05, 0.1) is 5.69 Å². The Kier molecular flexibility index (Phi) is 4.94. The highest BCUT2D eigenvalue weighted by Gasteiger charge is 2.22. The van der Waals surface area contributed by atoms with Crippen molar-refractivity contribution in [2.45, 2.75) is 26.7 Å². The predicted octanol–water partition coefficient (Wildman–Crippen LogP) is 2.48. The van der Waals surface area contributed by atoms with Crippen molar-refractivity contribution in [2.75, 3.05) is 31.1 Å². The van der Waals surface area contributed by atoms with E-state index in [9.17, 15) is 14.0 Å². The number of nitrogens with zero attached hydrogens (tertiary/aromatic N) is 2. The maximum absolute atomic E-state index is 14.1. The molecule has 21 heavy (non-hydrogen) atoms. The highest BCUT2D eigenvalue weighted by molar-refractivity contribution is 5.94. The lowest BCUT2D eigenvalue weighted by molar-refractivity contribution is -0.131. The molecule has 0 unspecified atom stereocenters. The summed E-state index contributed by atoms with van der Waals surface area (Å²) in [6.07, 6.45) is 1.42. The van der Waals surface area contributed by atoms with Crippen molar-refractivity contribution in [2.24, 2.45) is 0 Å². The SMILES string of the molecule is CCCC(=O)N1CCN(c2ccc(C(C)=O)cc2F)CC1. The van der Waals surface area contributed by atoms with Crippen molar-refractivity contribution in [1.29, 1.82) is 0 Å². The first-order chi connectivity index (χ1) is 10.0. The quantitative estimate of drug-likeness (QED) is 0.801. The fourth-order valence-corrected chi connectivity index (χ4v) is 2.55. The average molecular weight is 292 g/mol. The van der Waals surface area contributed by atoms with Gasteiger partial charge in [-0.3, -0.25) is 9.59 Å². The van der Waals surface area contributed by atoms with Gasteiger partial charge in [0.25, 0.3) is 0 Å². The molecule has 2 rings (SSSR count). The number of amides is 1. The van der Waals surface area contributed by atoms with Crippen LogP contribution < -0.4 is 4.90 Å². The molecule has 1 aliphatic heterocycles. The molecule has 1 amide bonds. The summed E-state index contributed by atoms with van der Waals surface area (Å²) >= 11 is 0. The number of benzene rings is 1. The standard InChI is InChI=1S/C16H21FN2O2/c1-3-4-16(21)19-9-7-18(8-10-19)15-6-5-13(12(2)20)11-14(15)17/h5-6,11H,3-4,7-10H2,1-2H3. The molecular weight excluding hydrogens is 271 g/mol. The summed E-state index contributed by atoms with van der Waals surface area (Å²) < 4.78 is 14.1. The molecule has 1 aromatic rings. The van der Waals surface area contributed by atoms with Crippen molar-refractivity contribution in [3.8, 4) is 0 Å². The molecule has 0 atom stereocenters. The molecule has 1 saturated heterocycles. The number of carbonyl (C=O) groups is 2. The zero-order valence-corrected chi connectivity index (χ0v) is 12.6. The number of hydrogen-bond acceptors (Lipinski definition) is 3. The van der Waals surface area contributed by atoms with E-state index in [1.807, 2.05) is 16.7 Å². The molecule has 1 aliphatic rings. The number of Topliss-reactive ketones (excluding diaryl/α,β-unsaturated/α-hetero) is 1. The van der Waals surface area contributed by atoms with Crippen LogP contribution in [-0.4, -0.2) is 42.8 Å². The zero-order valence-electron chi connectivity index (χ0n) is 12.6. The first kappa shape index (κ1) is 15.5. The molecule has 0 radical (unpaired) electrons. The lowest BCUT2D eigenvalue weighted by atomic mass is 10.1. The van der Waals surface area contributed by atoms with Gasteiger partial charge in [-0.15, -0.1) is 0 Å². The molecule has 1 aromatic carbocycles. The van der Waals surface area contributed by atoms with Crippen LogP contribution in [0.1, 0.15) is 37.0 Å². The zero-order chi connectivity index (χ0) is 15.4. The van der Waals surface area contributed by atoms with Gasteiger partial charge in [0.1, 0.15) is 5.82 Å². The van der Waals surface area contributed by atoms with Crippen molar-refractivity contribution < 1.29 is 14.0 Å². The molecule has 0 bridgehead atoms. The number of piperazine rings is 1. The van der Waals surface area contributed by atoms with Crippen LogP contribution >= 0.6 is 0 Å². The summed E-state index contributed by atoms with van der Waals surface area (Å²) in [5.74, 6) is -0.351. The van der Waals surface area contributed by atoms with E-state index in [-0.39, 0.29) is 17.5 Å². The van der Waals surface area contributed by atoms with Gasteiger partial charge in [-0.25, -0.2) is 4.39 Å². The fourth-order valence-electron chi connectivity index (χ4n) is 2.55. The Morgan fingerprint density at radius 2 is 1.86 bits per heavy atom. The Balaban J connectivity index is 2.02. The molecular formula is C16H21FN2O2. The van der Waals surface area contributed by atoms with Gasteiger partial charge >= 0.3 is 0 Å². The largest absolute Gasteiger partial charge is 0.366 e. The summed E-state index contributed by atoms with van der Waals surface area (Å²) in [6.45, 7) is 5.88. The Labute approximate surface area is 124 Å². The van der Waals surface area contributed by atoms with E-state index in [0.29, 0.717) is 43.9 Å². The van der Waals surface area contributed by atoms with E-state index in [4.69, 9.17) is 0 Å². The fraction of sp³-hybridized carbons (Fsp3) is 0.500. The molecule has 1 heterocycles. The lowest BCUT2D eigenvalue weighted by Gasteiger charge is -2.36. The summed E-state index contributed by atoms with van der Waals surface area (Å²) in [5, 5.41) is 0. The van der Waals surface area contributed by atoms with Gasteiger partial charge in [0, 0.05) is 38.2 Å². The van der Waals surface area contributed by atoms with E-state index in [1.54, 1.807) is 12.1 Å². The molecule has 0 spiro atoms. The molecule has 0 N–H and O–H groups in total. The molecule has 1 fully saturated rings. The highest BCUT2D eigenvalue weighted by atomic mass is 19.1. The van der Waals surface area contributed by atoms with Crippen LogP contribution in [0.15, 0.2) is 18.2 Å². The van der Waals surface area contributed by atoms with Crippen LogP contribution in [0.2, 0.25) is 0 Å². The predicted molar refractivity (Wildman–Crippen MR) is 80.1 cm³/mol. The van der Waals surface area contributed by atoms with Crippen LogP contribution in [0, 0.1) is 5.82 Å². The van der Waals surface area contributed by atoms with Gasteiger partial charge in [-0.2, -0.15) is 0 Å². The Hall–Kier alpha value is -1.91. The maximum Gasteiger partial charge on any atom is 0.222 e. The maximum atomic E-state index is 14.1. The number of anilines is 1. The van der Waals surface area contributed by atoms with E-state index in [0.717, 1.165) is 6.42 Å². The average Bonchev–Trinajstić information content (AvgIpc) is 2.47. The number of hydrogen-bond donors (Lipinski definition) is 0. The van der Waals surface area contributed by atoms with E-state index in [1.165, 1.54) is 13.0 Å². The minimum Gasteiger partial charge on any atom is -0.366 e. The number of halogens is 1. The Morgan fingerprint density at radius 1 is 1.19 bits per heavy atom. The van der Waals surface area contributed by atoms with Gasteiger partial charge in [0.15, 0.2) is 5.78 Å². The third-order valence-electron chi connectivity index (χ3n) is 3.79. The topological polar surface area (TPSA) is 40.6 Å². The molecule has 0 saturated carbocycles. The monoisotopic (exact) mass is 292 g/mol. The molecule has 4 nitrogen and oxygen atoms in total.